The Balaban J connectivity index is 1.77. The van der Waals surface area contributed by atoms with Crippen molar-refractivity contribution in [1.82, 2.24) is 10.6 Å². The van der Waals surface area contributed by atoms with Gasteiger partial charge in [-0.15, -0.1) is 0 Å². The molecule has 7 heteroatoms. The summed E-state index contributed by atoms with van der Waals surface area (Å²) in [7, 11) is 0. The van der Waals surface area contributed by atoms with Gasteiger partial charge >= 0.3 is 5.97 Å². The van der Waals surface area contributed by atoms with E-state index in [2.05, 4.69) is 10.6 Å². The molecule has 0 aromatic heterocycles. The lowest BCUT2D eigenvalue weighted by Crippen LogP contribution is -2.47. The highest BCUT2D eigenvalue weighted by Gasteiger charge is 2.30. The van der Waals surface area contributed by atoms with Gasteiger partial charge < -0.3 is 21.5 Å². The molecule has 166 valence electrons. The number of hydrogen-bond donors (Lipinski definition) is 4. The Hall–Kier alpha value is -2.41. The Kier molecular flexibility index (Phi) is 9.30. The molecule has 3 atom stereocenters. The summed E-state index contributed by atoms with van der Waals surface area (Å²) in [4.78, 5) is 36.3. The van der Waals surface area contributed by atoms with Crippen LogP contribution in [0.15, 0.2) is 30.3 Å². The molecular weight excluding hydrogens is 382 g/mol. The smallest absolute Gasteiger partial charge is 0.326 e. The third-order valence-corrected chi connectivity index (χ3v) is 6.24. The summed E-state index contributed by atoms with van der Waals surface area (Å²) in [5.74, 6) is -1.06. The zero-order chi connectivity index (χ0) is 22.1. The maximum absolute atomic E-state index is 12.6. The van der Waals surface area contributed by atoms with Gasteiger partial charge in [-0.2, -0.15) is 0 Å². The number of carbonyl (C=O) groups is 3. The minimum absolute atomic E-state index is 0.116. The number of hydrogen-bond acceptors (Lipinski definition) is 4. The standard InChI is InChI=1S/C23H35N3O4/c1-3-15(2)20(24)22(28)25-14-17-9-11-18(12-10-17)21(27)26-19(23(29)30)13-16-7-5-4-6-8-16/h4-8,15,17-20H,3,9-14,24H2,1-2H3,(H,25,28)(H,26,27)(H,29,30)/t15?,17?,18?,19-,20-/m0/s1. The normalized spacial score (nSPS) is 21.8. The monoisotopic (exact) mass is 417 g/mol. The molecule has 0 bridgehead atoms. The fourth-order valence-corrected chi connectivity index (χ4v) is 3.84. The number of benzene rings is 1. The quantitative estimate of drug-likeness (QED) is 0.464. The number of carbonyl (C=O) groups excluding carboxylic acids is 2. The van der Waals surface area contributed by atoms with Gasteiger partial charge in [-0.05, 0) is 43.1 Å². The van der Waals surface area contributed by atoms with Crippen molar-refractivity contribution in [1.29, 1.82) is 0 Å². The molecule has 1 aromatic carbocycles. The van der Waals surface area contributed by atoms with Gasteiger partial charge in [0, 0.05) is 18.9 Å². The van der Waals surface area contributed by atoms with E-state index < -0.39 is 18.1 Å². The Labute approximate surface area is 178 Å². The molecule has 1 saturated carbocycles. The summed E-state index contributed by atoms with van der Waals surface area (Å²) in [6, 6.07) is 7.87. The fraction of sp³-hybridized carbons (Fsp3) is 0.609. The predicted molar refractivity (Wildman–Crippen MR) is 116 cm³/mol. The molecule has 0 radical (unpaired) electrons. The molecule has 0 saturated heterocycles. The van der Waals surface area contributed by atoms with Crippen LogP contribution in [0.3, 0.4) is 0 Å². The van der Waals surface area contributed by atoms with Crippen molar-refractivity contribution in [3.63, 3.8) is 0 Å². The zero-order valence-electron chi connectivity index (χ0n) is 18.0. The third-order valence-electron chi connectivity index (χ3n) is 6.24. The highest BCUT2D eigenvalue weighted by atomic mass is 16.4. The lowest BCUT2D eigenvalue weighted by molar-refractivity contribution is -0.142. The molecule has 1 aliphatic carbocycles. The highest BCUT2D eigenvalue weighted by Crippen LogP contribution is 2.28. The van der Waals surface area contributed by atoms with Gasteiger partial charge in [0.2, 0.25) is 11.8 Å². The second kappa shape index (κ2) is 11.7. The summed E-state index contributed by atoms with van der Waals surface area (Å²) >= 11 is 0. The first-order chi connectivity index (χ1) is 14.3. The predicted octanol–water partition coefficient (Wildman–Crippen LogP) is 2.09. The van der Waals surface area contributed by atoms with E-state index >= 15 is 0 Å². The van der Waals surface area contributed by atoms with E-state index in [1.54, 1.807) is 0 Å². The lowest BCUT2D eigenvalue weighted by atomic mass is 9.81. The van der Waals surface area contributed by atoms with Crippen LogP contribution in [-0.4, -0.2) is 41.5 Å². The van der Waals surface area contributed by atoms with Crippen molar-refractivity contribution in [2.24, 2.45) is 23.5 Å². The number of nitrogens with one attached hydrogen (secondary N) is 2. The van der Waals surface area contributed by atoms with Crippen LogP contribution in [0.4, 0.5) is 0 Å². The largest absolute Gasteiger partial charge is 0.480 e. The molecule has 7 nitrogen and oxygen atoms in total. The fourth-order valence-electron chi connectivity index (χ4n) is 3.84. The summed E-state index contributed by atoms with van der Waals surface area (Å²) in [6.45, 7) is 4.55. The van der Waals surface area contributed by atoms with Gasteiger partial charge in [-0.25, -0.2) is 4.79 Å². The average Bonchev–Trinajstić information content (AvgIpc) is 2.76. The molecule has 1 fully saturated rings. The van der Waals surface area contributed by atoms with Gasteiger partial charge in [-0.1, -0.05) is 50.6 Å². The number of amides is 2. The van der Waals surface area contributed by atoms with Crippen LogP contribution in [0.25, 0.3) is 0 Å². The van der Waals surface area contributed by atoms with Gasteiger partial charge in [0.15, 0.2) is 0 Å². The van der Waals surface area contributed by atoms with E-state index in [9.17, 15) is 19.5 Å². The summed E-state index contributed by atoms with van der Waals surface area (Å²) < 4.78 is 0. The minimum Gasteiger partial charge on any atom is -0.480 e. The molecule has 1 unspecified atom stereocenters. The molecule has 30 heavy (non-hydrogen) atoms. The summed E-state index contributed by atoms with van der Waals surface area (Å²) in [5, 5.41) is 15.1. The Bertz CT molecular complexity index is 702. The lowest BCUT2D eigenvalue weighted by Gasteiger charge is -2.29. The zero-order valence-corrected chi connectivity index (χ0v) is 18.0. The highest BCUT2D eigenvalue weighted by molar-refractivity contribution is 5.85. The first-order valence-electron chi connectivity index (χ1n) is 10.9. The molecule has 1 aliphatic rings. The Morgan fingerprint density at radius 1 is 1.13 bits per heavy atom. The molecule has 0 spiro atoms. The average molecular weight is 418 g/mol. The second-order valence-corrected chi connectivity index (χ2v) is 8.46. The third kappa shape index (κ3) is 7.13. The molecular formula is C23H35N3O4. The SMILES string of the molecule is CCC(C)[C@H](N)C(=O)NCC1CCC(C(=O)N[C@@H](Cc2ccccc2)C(=O)O)CC1. The van der Waals surface area contributed by atoms with Crippen molar-refractivity contribution < 1.29 is 19.5 Å². The molecule has 2 amide bonds. The maximum atomic E-state index is 12.6. The Morgan fingerprint density at radius 2 is 1.77 bits per heavy atom. The Morgan fingerprint density at radius 3 is 2.33 bits per heavy atom. The van der Waals surface area contributed by atoms with E-state index in [1.165, 1.54) is 0 Å². The first-order valence-corrected chi connectivity index (χ1v) is 10.9. The van der Waals surface area contributed by atoms with Gasteiger partial charge in [0.1, 0.15) is 6.04 Å². The summed E-state index contributed by atoms with van der Waals surface area (Å²) in [6.07, 6.45) is 4.17. The maximum Gasteiger partial charge on any atom is 0.326 e. The summed E-state index contributed by atoms with van der Waals surface area (Å²) in [5.41, 5.74) is 6.84. The van der Waals surface area contributed by atoms with Crippen LogP contribution in [0, 0.1) is 17.8 Å². The molecule has 2 rings (SSSR count). The number of carboxylic acids is 1. The van der Waals surface area contributed by atoms with Gasteiger partial charge in [0.25, 0.3) is 0 Å². The number of rotatable bonds is 10. The van der Waals surface area contributed by atoms with E-state index in [0.29, 0.717) is 25.3 Å². The molecule has 1 aromatic rings. The number of nitrogens with two attached hydrogens (primary N) is 1. The van der Waals surface area contributed by atoms with Crippen molar-refractivity contribution in [3.05, 3.63) is 35.9 Å². The molecule has 5 N–H and O–H groups in total. The number of carboxylic acid groups (broad SMARTS) is 1. The van der Waals surface area contributed by atoms with E-state index in [1.807, 2.05) is 44.2 Å². The van der Waals surface area contributed by atoms with Crippen LogP contribution in [0.1, 0.15) is 51.5 Å². The van der Waals surface area contributed by atoms with E-state index in [0.717, 1.165) is 24.8 Å². The van der Waals surface area contributed by atoms with Crippen LogP contribution in [0.2, 0.25) is 0 Å². The van der Waals surface area contributed by atoms with E-state index in [-0.39, 0.29) is 30.1 Å². The van der Waals surface area contributed by atoms with Gasteiger partial charge in [0.05, 0.1) is 6.04 Å². The second-order valence-electron chi connectivity index (χ2n) is 8.46. The van der Waals surface area contributed by atoms with Crippen molar-refractivity contribution in [2.45, 2.75) is 64.5 Å². The van der Waals surface area contributed by atoms with Gasteiger partial charge in [-0.3, -0.25) is 9.59 Å². The molecule has 0 aliphatic heterocycles. The van der Waals surface area contributed by atoms with Crippen LogP contribution in [0.5, 0.6) is 0 Å². The van der Waals surface area contributed by atoms with Crippen LogP contribution >= 0.6 is 0 Å². The molecule has 0 heterocycles. The van der Waals surface area contributed by atoms with E-state index in [4.69, 9.17) is 5.73 Å². The topological polar surface area (TPSA) is 122 Å². The minimum atomic E-state index is -1.03. The van der Waals surface area contributed by atoms with Crippen LogP contribution in [-0.2, 0) is 20.8 Å². The van der Waals surface area contributed by atoms with Crippen molar-refractivity contribution in [3.8, 4) is 0 Å². The van der Waals surface area contributed by atoms with Crippen LogP contribution < -0.4 is 16.4 Å². The van der Waals surface area contributed by atoms with Crippen molar-refractivity contribution >= 4 is 17.8 Å². The van der Waals surface area contributed by atoms with Crippen molar-refractivity contribution in [2.75, 3.05) is 6.54 Å². The first kappa shape index (κ1) is 23.9. The number of aliphatic carboxylic acids is 1.